The number of aromatic nitrogens is 5. The van der Waals surface area contributed by atoms with Gasteiger partial charge in [-0.2, -0.15) is 4.98 Å². The van der Waals surface area contributed by atoms with E-state index in [-0.39, 0.29) is 5.91 Å². The Bertz CT molecular complexity index is 1050. The minimum Gasteiger partial charge on any atom is -0.340 e. The van der Waals surface area contributed by atoms with Gasteiger partial charge in [-0.05, 0) is 31.4 Å². The van der Waals surface area contributed by atoms with Crippen LogP contribution in [-0.2, 0) is 4.79 Å². The second kappa shape index (κ2) is 6.12. The third kappa shape index (κ3) is 2.20. The summed E-state index contributed by atoms with van der Waals surface area (Å²) in [5.41, 5.74) is 2.08. The molecule has 28 heavy (non-hydrogen) atoms. The number of hydrogen-bond acceptors (Lipinski definition) is 6. The van der Waals surface area contributed by atoms with Crippen LogP contribution in [0.25, 0.3) is 17.2 Å². The van der Waals surface area contributed by atoms with E-state index < -0.39 is 5.54 Å². The molecule has 8 nitrogen and oxygen atoms in total. The molecule has 1 saturated heterocycles. The first kappa shape index (κ1) is 16.9. The van der Waals surface area contributed by atoms with Crippen molar-refractivity contribution < 1.29 is 4.79 Å². The quantitative estimate of drug-likeness (QED) is 0.700. The number of imidazole rings is 1. The van der Waals surface area contributed by atoms with Crippen LogP contribution >= 0.6 is 0 Å². The van der Waals surface area contributed by atoms with Crippen LogP contribution in [0.5, 0.6) is 0 Å². The molecule has 0 aromatic carbocycles. The second-order valence-electron chi connectivity index (χ2n) is 7.27. The zero-order chi connectivity index (χ0) is 19.3. The lowest BCUT2D eigenvalue weighted by Gasteiger charge is -2.45. The fourth-order valence-corrected chi connectivity index (χ4v) is 4.44. The third-order valence-electron chi connectivity index (χ3n) is 5.94. The second-order valence-corrected chi connectivity index (χ2v) is 7.27. The van der Waals surface area contributed by atoms with Gasteiger partial charge in [0, 0.05) is 31.5 Å². The van der Waals surface area contributed by atoms with Crippen molar-refractivity contribution in [3.8, 4) is 17.2 Å². The number of fused-ring (bicyclic) bond motifs is 3. The van der Waals surface area contributed by atoms with Gasteiger partial charge in [0.1, 0.15) is 17.6 Å². The third-order valence-corrected chi connectivity index (χ3v) is 5.94. The molecule has 5 rings (SSSR count). The van der Waals surface area contributed by atoms with Gasteiger partial charge in [0.2, 0.25) is 5.95 Å². The predicted molar refractivity (Wildman–Crippen MR) is 105 cm³/mol. The van der Waals surface area contributed by atoms with Crippen molar-refractivity contribution in [3.05, 3.63) is 43.2 Å². The highest BCUT2D eigenvalue weighted by Crippen LogP contribution is 2.45. The number of pyridine rings is 1. The lowest BCUT2D eigenvalue weighted by atomic mass is 9.89. The van der Waals surface area contributed by atoms with Crippen LogP contribution in [0.3, 0.4) is 0 Å². The van der Waals surface area contributed by atoms with Gasteiger partial charge in [-0.1, -0.05) is 6.92 Å². The Balaban J connectivity index is 1.65. The Hall–Kier alpha value is -3.29. The van der Waals surface area contributed by atoms with Gasteiger partial charge in [-0.3, -0.25) is 14.3 Å². The molecule has 0 N–H and O–H groups in total. The van der Waals surface area contributed by atoms with Crippen molar-refractivity contribution in [2.24, 2.45) is 0 Å². The molecule has 0 aliphatic carbocycles. The number of hydrogen-bond donors (Lipinski definition) is 0. The van der Waals surface area contributed by atoms with Crippen LogP contribution in [0, 0.1) is 0 Å². The number of carbonyl (C=O) groups is 1. The molecular formula is C20H21N7O. The fraction of sp³-hybridized carbons (Fsp3) is 0.350. The normalized spacial score (nSPS) is 21.0. The number of amides is 1. The number of anilines is 2. The summed E-state index contributed by atoms with van der Waals surface area (Å²) in [4.78, 5) is 34.9. The molecule has 3 aromatic heterocycles. The molecule has 8 heteroatoms. The number of carbonyl (C=O) groups excluding carboxylic acids is 1. The molecular weight excluding hydrogens is 354 g/mol. The molecule has 0 radical (unpaired) electrons. The van der Waals surface area contributed by atoms with E-state index in [0.29, 0.717) is 5.95 Å². The van der Waals surface area contributed by atoms with Crippen molar-refractivity contribution in [3.63, 3.8) is 0 Å². The summed E-state index contributed by atoms with van der Waals surface area (Å²) >= 11 is 0. The minimum atomic E-state index is -0.492. The van der Waals surface area contributed by atoms with Crippen LogP contribution < -0.4 is 9.80 Å². The Morgan fingerprint density at radius 2 is 2.11 bits per heavy atom. The Morgan fingerprint density at radius 3 is 2.89 bits per heavy atom. The van der Waals surface area contributed by atoms with Gasteiger partial charge in [0.25, 0.3) is 5.91 Å². The van der Waals surface area contributed by atoms with Gasteiger partial charge in [-0.15, -0.1) is 0 Å². The average molecular weight is 375 g/mol. The Labute approximate surface area is 162 Å². The number of nitrogens with zero attached hydrogens (tertiary/aromatic N) is 7. The zero-order valence-corrected chi connectivity index (χ0v) is 15.9. The van der Waals surface area contributed by atoms with E-state index in [1.165, 1.54) is 0 Å². The van der Waals surface area contributed by atoms with Crippen molar-refractivity contribution in [2.45, 2.75) is 31.7 Å². The first-order valence-corrected chi connectivity index (χ1v) is 9.51. The Kier molecular flexibility index (Phi) is 3.68. The van der Waals surface area contributed by atoms with E-state index in [4.69, 9.17) is 4.98 Å². The van der Waals surface area contributed by atoms with Gasteiger partial charge in [-0.25, -0.2) is 9.97 Å². The fourth-order valence-electron chi connectivity index (χ4n) is 4.44. The van der Waals surface area contributed by atoms with Crippen molar-refractivity contribution in [2.75, 3.05) is 23.4 Å². The maximum Gasteiger partial charge on any atom is 0.252 e. The van der Waals surface area contributed by atoms with E-state index in [2.05, 4.69) is 26.8 Å². The molecule has 0 bridgehead atoms. The highest BCUT2D eigenvalue weighted by molar-refractivity contribution is 6.07. The first-order valence-electron chi connectivity index (χ1n) is 9.51. The van der Waals surface area contributed by atoms with Crippen LogP contribution in [0.15, 0.2) is 43.2 Å². The largest absolute Gasteiger partial charge is 0.340 e. The lowest BCUT2D eigenvalue weighted by Crippen LogP contribution is -2.59. The van der Waals surface area contributed by atoms with Gasteiger partial charge in [0.05, 0.1) is 18.1 Å². The first-order chi connectivity index (χ1) is 13.7. The molecule has 1 amide bonds. The standard InChI is InChI=1S/C20H21N7O/c1-3-20-7-5-9-27(20)17-16(25(2)18(20)28)12-23-19(24-17)26-13-22-11-15(26)14-6-4-8-21-10-14/h4,6,8,10-13H,3,5,7,9H2,1-2H3/t20-/m0/s1. The summed E-state index contributed by atoms with van der Waals surface area (Å²) in [6.45, 7) is 2.91. The number of likely N-dealkylation sites (N-methyl/N-ethyl adjacent to an activating group) is 1. The van der Waals surface area contributed by atoms with Gasteiger partial charge >= 0.3 is 0 Å². The van der Waals surface area contributed by atoms with E-state index in [0.717, 1.165) is 48.6 Å². The maximum absolute atomic E-state index is 13.1. The molecule has 3 aromatic rings. The van der Waals surface area contributed by atoms with Crippen LogP contribution in [0.2, 0.25) is 0 Å². The van der Waals surface area contributed by atoms with Gasteiger partial charge < -0.3 is 9.80 Å². The van der Waals surface area contributed by atoms with Crippen LogP contribution in [0.4, 0.5) is 11.5 Å². The zero-order valence-electron chi connectivity index (χ0n) is 15.9. The minimum absolute atomic E-state index is 0.134. The monoisotopic (exact) mass is 375 g/mol. The van der Waals surface area contributed by atoms with Crippen molar-refractivity contribution in [1.29, 1.82) is 0 Å². The van der Waals surface area contributed by atoms with E-state index >= 15 is 0 Å². The molecule has 2 aliphatic rings. The summed E-state index contributed by atoms with van der Waals surface area (Å²) < 4.78 is 1.86. The summed E-state index contributed by atoms with van der Waals surface area (Å²) in [5, 5.41) is 0. The number of rotatable bonds is 3. The van der Waals surface area contributed by atoms with Crippen molar-refractivity contribution in [1.82, 2.24) is 24.5 Å². The van der Waals surface area contributed by atoms with E-state index in [9.17, 15) is 4.79 Å². The summed E-state index contributed by atoms with van der Waals surface area (Å²) in [6, 6.07) is 3.87. The highest BCUT2D eigenvalue weighted by Gasteiger charge is 2.52. The highest BCUT2D eigenvalue weighted by atomic mass is 16.2. The summed E-state index contributed by atoms with van der Waals surface area (Å²) in [5.74, 6) is 1.49. The molecule has 1 atom stereocenters. The molecule has 0 unspecified atom stereocenters. The summed E-state index contributed by atoms with van der Waals surface area (Å²) in [7, 11) is 1.82. The molecule has 2 aliphatic heterocycles. The van der Waals surface area contributed by atoms with Crippen LogP contribution in [0.1, 0.15) is 26.2 Å². The van der Waals surface area contributed by atoms with Crippen LogP contribution in [-0.4, -0.2) is 49.5 Å². The molecule has 5 heterocycles. The SMILES string of the molecule is CC[C@@]12CCCN1c1nc(-n3cncc3-c3cccnc3)ncc1N(C)C2=O. The lowest BCUT2D eigenvalue weighted by molar-refractivity contribution is -0.123. The van der Waals surface area contributed by atoms with E-state index in [1.54, 1.807) is 36.0 Å². The Morgan fingerprint density at radius 1 is 1.21 bits per heavy atom. The smallest absolute Gasteiger partial charge is 0.252 e. The maximum atomic E-state index is 13.1. The van der Waals surface area contributed by atoms with Crippen molar-refractivity contribution >= 4 is 17.4 Å². The molecule has 1 fully saturated rings. The predicted octanol–water partition coefficient (Wildman–Crippen LogP) is 2.45. The molecule has 0 saturated carbocycles. The topological polar surface area (TPSA) is 80.0 Å². The van der Waals surface area contributed by atoms with Gasteiger partial charge in [0.15, 0.2) is 5.82 Å². The molecule has 0 spiro atoms. The van der Waals surface area contributed by atoms with E-state index in [1.807, 2.05) is 23.7 Å². The molecule has 142 valence electrons. The average Bonchev–Trinajstić information content (AvgIpc) is 3.40. The summed E-state index contributed by atoms with van der Waals surface area (Å²) in [6.07, 6.45) is 11.4.